The molecule has 1 spiro atoms. The zero-order valence-corrected chi connectivity index (χ0v) is 24.5. The molecule has 19 heteroatoms. The summed E-state index contributed by atoms with van der Waals surface area (Å²) >= 11 is 0. The summed E-state index contributed by atoms with van der Waals surface area (Å²) in [5.74, 6) is -5.42. The van der Waals surface area contributed by atoms with Crippen molar-refractivity contribution in [3.63, 3.8) is 0 Å². The lowest BCUT2D eigenvalue weighted by molar-refractivity contribution is -0.193. The third-order valence-electron chi connectivity index (χ3n) is 6.77. The molecule has 2 saturated heterocycles. The van der Waals surface area contributed by atoms with Gasteiger partial charge < -0.3 is 20.4 Å². The van der Waals surface area contributed by atoms with E-state index in [1.54, 1.807) is 30.5 Å². The van der Waals surface area contributed by atoms with Gasteiger partial charge in [-0.1, -0.05) is 23.8 Å². The predicted octanol–water partition coefficient (Wildman–Crippen LogP) is 2.36. The van der Waals surface area contributed by atoms with Crippen LogP contribution in [0.3, 0.4) is 0 Å². The predicted molar refractivity (Wildman–Crippen MR) is 145 cm³/mol. The number of hydrogen-bond donors (Lipinski definition) is 4. The largest absolute Gasteiger partial charge is 0.490 e. The van der Waals surface area contributed by atoms with Crippen molar-refractivity contribution < 1.29 is 59.4 Å². The van der Waals surface area contributed by atoms with Gasteiger partial charge in [0.1, 0.15) is 5.54 Å². The molecule has 4 N–H and O–H groups in total. The minimum absolute atomic E-state index is 0.0936. The normalized spacial score (nSPS) is 17.0. The number of likely N-dealkylation sites (tertiary alicyclic amines) is 1. The SMILES string of the molecule is Cc1ccc(S(=O)(=O)NCCN2CCC3(CC2)C(=O)NCN3Cc2cccnc2)cc1.O=C(O)C(F)(F)F.O=C(O)C(F)(F)F. The van der Waals surface area contributed by atoms with Crippen molar-refractivity contribution in [1.82, 2.24) is 24.8 Å². The summed E-state index contributed by atoms with van der Waals surface area (Å²) < 4.78 is 91.1. The highest BCUT2D eigenvalue weighted by Gasteiger charge is 2.49. The van der Waals surface area contributed by atoms with Crippen LogP contribution in [0.25, 0.3) is 0 Å². The lowest BCUT2D eigenvalue weighted by Crippen LogP contribution is -2.56. The molecule has 0 aliphatic carbocycles. The summed E-state index contributed by atoms with van der Waals surface area (Å²) in [4.78, 5) is 39.4. The lowest BCUT2D eigenvalue weighted by atomic mass is 9.86. The number of pyridine rings is 1. The molecule has 2 aliphatic heterocycles. The molecule has 0 bridgehead atoms. The highest BCUT2D eigenvalue weighted by Crippen LogP contribution is 2.33. The van der Waals surface area contributed by atoms with Gasteiger partial charge in [0.2, 0.25) is 15.9 Å². The number of aromatic nitrogens is 1. The molecule has 3 heterocycles. The number of rotatable bonds is 7. The summed E-state index contributed by atoms with van der Waals surface area (Å²) in [6, 6.07) is 10.8. The summed E-state index contributed by atoms with van der Waals surface area (Å²) in [7, 11) is -3.51. The van der Waals surface area contributed by atoms with E-state index in [1.165, 1.54) is 0 Å². The van der Waals surface area contributed by atoms with E-state index in [-0.39, 0.29) is 10.8 Å². The van der Waals surface area contributed by atoms with E-state index in [0.29, 0.717) is 26.3 Å². The Hall–Kier alpha value is -3.81. The van der Waals surface area contributed by atoms with Gasteiger partial charge in [0.15, 0.2) is 0 Å². The number of carboxylic acids is 2. The van der Waals surface area contributed by atoms with E-state index < -0.39 is 39.9 Å². The number of carboxylic acid groups (broad SMARTS) is 2. The lowest BCUT2D eigenvalue weighted by Gasteiger charge is -2.42. The molecule has 1 aromatic heterocycles. The zero-order chi connectivity index (χ0) is 34.1. The summed E-state index contributed by atoms with van der Waals surface area (Å²) in [5.41, 5.74) is 1.62. The van der Waals surface area contributed by atoms with E-state index in [9.17, 15) is 39.6 Å². The van der Waals surface area contributed by atoms with Crippen LogP contribution < -0.4 is 10.0 Å². The Bertz CT molecular complexity index is 1380. The van der Waals surface area contributed by atoms with Crippen molar-refractivity contribution in [2.24, 2.45) is 0 Å². The summed E-state index contributed by atoms with van der Waals surface area (Å²) in [5, 5.41) is 17.3. The molecule has 0 unspecified atom stereocenters. The number of piperidine rings is 1. The quantitative estimate of drug-likeness (QED) is 0.321. The maximum Gasteiger partial charge on any atom is 0.490 e. The van der Waals surface area contributed by atoms with Crippen molar-refractivity contribution in [2.75, 3.05) is 32.8 Å². The first-order chi connectivity index (χ1) is 20.8. The Morgan fingerprint density at radius 3 is 2.00 bits per heavy atom. The zero-order valence-electron chi connectivity index (χ0n) is 23.7. The number of benzene rings is 1. The van der Waals surface area contributed by atoms with Crippen molar-refractivity contribution in [1.29, 1.82) is 0 Å². The van der Waals surface area contributed by atoms with Gasteiger partial charge in [0.05, 0.1) is 11.6 Å². The second-order valence-corrected chi connectivity index (χ2v) is 11.7. The minimum Gasteiger partial charge on any atom is -0.475 e. The maximum absolute atomic E-state index is 12.7. The first-order valence-corrected chi connectivity index (χ1v) is 14.6. The van der Waals surface area contributed by atoms with E-state index in [1.807, 2.05) is 25.3 Å². The Morgan fingerprint density at radius 2 is 1.53 bits per heavy atom. The molecule has 2 fully saturated rings. The average molecular weight is 672 g/mol. The van der Waals surface area contributed by atoms with E-state index in [4.69, 9.17) is 19.8 Å². The monoisotopic (exact) mass is 671 g/mol. The minimum atomic E-state index is -5.08. The number of halogens is 6. The third-order valence-corrected chi connectivity index (χ3v) is 8.25. The van der Waals surface area contributed by atoms with Crippen LogP contribution in [0, 0.1) is 6.92 Å². The summed E-state index contributed by atoms with van der Waals surface area (Å²) in [6.45, 7) is 5.62. The number of aliphatic carboxylic acids is 2. The number of nitrogens with zero attached hydrogens (tertiary/aromatic N) is 3. The molecule has 1 amide bonds. The Labute approximate surface area is 254 Å². The standard InChI is InChI=1S/C22H29N5O3S.2C2HF3O2/c1-18-4-6-20(7-5-18)31(29,30)25-11-14-26-12-8-22(9-13-26)21(28)24-17-27(22)16-19-3-2-10-23-15-19;2*3-2(4,5)1(6)7/h2-7,10,15,25H,8-9,11-14,16-17H2,1H3,(H,24,28);2*(H,6,7). The number of carbonyl (C=O) groups excluding carboxylic acids is 1. The van der Waals surface area contributed by atoms with Crippen molar-refractivity contribution >= 4 is 27.9 Å². The molecule has 2 aromatic rings. The number of sulfonamides is 1. The molecule has 0 atom stereocenters. The van der Waals surface area contributed by atoms with Gasteiger partial charge in [-0.25, -0.2) is 22.7 Å². The fourth-order valence-electron chi connectivity index (χ4n) is 4.37. The van der Waals surface area contributed by atoms with Crippen LogP contribution in [-0.4, -0.2) is 102 Å². The number of amides is 1. The first kappa shape index (κ1) is 37.4. The van der Waals surface area contributed by atoms with Gasteiger partial charge in [0.25, 0.3) is 0 Å². The number of alkyl halides is 6. The third kappa shape index (κ3) is 11.2. The van der Waals surface area contributed by atoms with Crippen LogP contribution in [0.2, 0.25) is 0 Å². The van der Waals surface area contributed by atoms with Gasteiger partial charge in [-0.15, -0.1) is 0 Å². The van der Waals surface area contributed by atoms with Crippen LogP contribution in [0.15, 0.2) is 53.7 Å². The second-order valence-electron chi connectivity index (χ2n) is 9.91. The van der Waals surface area contributed by atoms with Gasteiger partial charge >= 0.3 is 24.3 Å². The van der Waals surface area contributed by atoms with Gasteiger partial charge in [0, 0.05) is 45.1 Å². The Morgan fingerprint density at radius 1 is 1.00 bits per heavy atom. The molecule has 0 radical (unpaired) electrons. The van der Waals surface area contributed by atoms with Gasteiger partial charge in [-0.3, -0.25) is 14.7 Å². The smallest absolute Gasteiger partial charge is 0.475 e. The maximum atomic E-state index is 12.7. The summed E-state index contributed by atoms with van der Waals surface area (Å²) in [6.07, 6.45) is -5.13. The van der Waals surface area contributed by atoms with Gasteiger partial charge in [-0.2, -0.15) is 26.3 Å². The van der Waals surface area contributed by atoms with E-state index in [0.717, 1.165) is 37.1 Å². The number of carbonyl (C=O) groups is 3. The average Bonchev–Trinajstić information content (AvgIpc) is 3.24. The molecule has 4 rings (SSSR count). The van der Waals surface area contributed by atoms with Crippen LogP contribution >= 0.6 is 0 Å². The van der Waals surface area contributed by atoms with Crippen LogP contribution in [0.5, 0.6) is 0 Å². The van der Waals surface area contributed by atoms with E-state index >= 15 is 0 Å². The molecule has 45 heavy (non-hydrogen) atoms. The number of hydrogen-bond acceptors (Lipinski definition) is 8. The van der Waals surface area contributed by atoms with Gasteiger partial charge in [-0.05, 0) is 43.5 Å². The fraction of sp³-hybridized carbons (Fsp3) is 0.462. The molecule has 2 aliphatic rings. The highest BCUT2D eigenvalue weighted by molar-refractivity contribution is 7.89. The van der Waals surface area contributed by atoms with Crippen molar-refractivity contribution in [2.45, 2.75) is 49.1 Å². The van der Waals surface area contributed by atoms with Crippen LogP contribution in [-0.2, 0) is 31.0 Å². The molecule has 12 nitrogen and oxygen atoms in total. The van der Waals surface area contributed by atoms with Crippen molar-refractivity contribution in [3.05, 3.63) is 59.9 Å². The van der Waals surface area contributed by atoms with Crippen LogP contribution in [0.4, 0.5) is 26.3 Å². The number of aryl methyl sites for hydroxylation is 1. The number of nitrogens with one attached hydrogen (secondary N) is 2. The Balaban J connectivity index is 0.000000421. The Kier molecular flexibility index (Phi) is 12.8. The highest BCUT2D eigenvalue weighted by atomic mass is 32.2. The molecule has 1 aromatic carbocycles. The topological polar surface area (TPSA) is 169 Å². The second kappa shape index (κ2) is 15.5. The first-order valence-electron chi connectivity index (χ1n) is 13.1. The van der Waals surface area contributed by atoms with Crippen molar-refractivity contribution in [3.8, 4) is 0 Å². The van der Waals surface area contributed by atoms with E-state index in [2.05, 4.69) is 24.8 Å². The molecular weight excluding hydrogens is 640 g/mol. The molecule has 0 saturated carbocycles. The fourth-order valence-corrected chi connectivity index (χ4v) is 5.40. The molecule has 250 valence electrons. The molecular formula is C26H31F6N5O7S. The van der Waals surface area contributed by atoms with Crippen LogP contribution in [0.1, 0.15) is 24.0 Å².